The van der Waals surface area contributed by atoms with E-state index < -0.39 is 11.6 Å². The zero-order chi connectivity index (χ0) is 24.5. The standard InChI is InChI=1S/C29H32N2O4/c1-22-29(21-24-11-6-3-7-12-24,28(33)30-18-17-23-9-4-2-5-10-23)31-27(35-22)25-13-15-26(16-14-25)34-20-8-19-32/h2-7,9-16,22,32H,8,17-21H2,1H3,(H,30,33)/t22-,29-/m1/s1. The quantitative estimate of drug-likeness (QED) is 0.414. The van der Waals surface area contributed by atoms with E-state index in [0.29, 0.717) is 37.6 Å². The van der Waals surface area contributed by atoms with E-state index in [1.54, 1.807) is 0 Å². The van der Waals surface area contributed by atoms with Crippen LogP contribution in [0.2, 0.25) is 0 Å². The Morgan fingerprint density at radius 1 is 1.00 bits per heavy atom. The van der Waals surface area contributed by atoms with E-state index in [1.807, 2.05) is 79.7 Å². The van der Waals surface area contributed by atoms with Crippen LogP contribution in [0, 0.1) is 0 Å². The molecule has 182 valence electrons. The van der Waals surface area contributed by atoms with Gasteiger partial charge in [-0.25, -0.2) is 4.99 Å². The SMILES string of the molecule is C[C@H]1OC(c2ccc(OCCCO)cc2)=N[C@@]1(Cc1ccccc1)C(=O)NCCc1ccccc1. The highest BCUT2D eigenvalue weighted by Gasteiger charge is 2.50. The molecule has 0 saturated heterocycles. The second-order valence-corrected chi connectivity index (χ2v) is 8.71. The first-order valence-corrected chi connectivity index (χ1v) is 12.1. The van der Waals surface area contributed by atoms with Crippen LogP contribution in [0.4, 0.5) is 0 Å². The van der Waals surface area contributed by atoms with Crippen molar-refractivity contribution in [2.45, 2.75) is 37.8 Å². The van der Waals surface area contributed by atoms with Gasteiger partial charge in [0, 0.05) is 31.6 Å². The summed E-state index contributed by atoms with van der Waals surface area (Å²) < 4.78 is 11.8. The van der Waals surface area contributed by atoms with Crippen molar-refractivity contribution in [1.29, 1.82) is 0 Å². The van der Waals surface area contributed by atoms with Gasteiger partial charge in [-0.3, -0.25) is 4.79 Å². The third kappa shape index (κ3) is 6.08. The summed E-state index contributed by atoms with van der Waals surface area (Å²) in [6.45, 7) is 2.98. The molecule has 0 spiro atoms. The number of ether oxygens (including phenoxy) is 2. The Bertz CT molecular complexity index is 1120. The van der Waals surface area contributed by atoms with Crippen molar-refractivity contribution in [3.63, 3.8) is 0 Å². The Kier molecular flexibility index (Phi) is 8.16. The van der Waals surface area contributed by atoms with E-state index in [9.17, 15) is 4.79 Å². The molecule has 3 aromatic carbocycles. The maximum atomic E-state index is 13.6. The molecule has 1 aliphatic rings. The first-order chi connectivity index (χ1) is 17.1. The van der Waals surface area contributed by atoms with Gasteiger partial charge in [-0.05, 0) is 48.7 Å². The van der Waals surface area contributed by atoms with E-state index in [-0.39, 0.29) is 12.5 Å². The predicted octanol–water partition coefficient (Wildman–Crippen LogP) is 3.95. The zero-order valence-electron chi connectivity index (χ0n) is 20.0. The third-order valence-corrected chi connectivity index (χ3v) is 6.19. The molecule has 1 amide bonds. The summed E-state index contributed by atoms with van der Waals surface area (Å²) >= 11 is 0. The summed E-state index contributed by atoms with van der Waals surface area (Å²) in [5.41, 5.74) is 1.92. The molecule has 0 aromatic heterocycles. The summed E-state index contributed by atoms with van der Waals surface area (Å²) in [7, 11) is 0. The molecule has 6 nitrogen and oxygen atoms in total. The molecule has 0 saturated carbocycles. The minimum Gasteiger partial charge on any atom is -0.494 e. The number of amides is 1. The molecule has 0 aliphatic carbocycles. The molecule has 1 aliphatic heterocycles. The Hall–Kier alpha value is -3.64. The fourth-order valence-electron chi connectivity index (χ4n) is 4.17. The molecule has 6 heteroatoms. The van der Waals surface area contributed by atoms with Crippen LogP contribution in [0.5, 0.6) is 5.75 Å². The van der Waals surface area contributed by atoms with Crippen molar-refractivity contribution in [1.82, 2.24) is 5.32 Å². The Balaban J connectivity index is 1.54. The van der Waals surface area contributed by atoms with Crippen LogP contribution >= 0.6 is 0 Å². The minimum atomic E-state index is -1.07. The number of aliphatic imine (C=N–C) groups is 1. The number of benzene rings is 3. The number of hydrogen-bond acceptors (Lipinski definition) is 5. The highest BCUT2D eigenvalue weighted by atomic mass is 16.5. The van der Waals surface area contributed by atoms with Crippen molar-refractivity contribution >= 4 is 11.8 Å². The minimum absolute atomic E-state index is 0.0948. The Morgan fingerprint density at radius 3 is 2.31 bits per heavy atom. The normalized spacial score (nSPS) is 19.0. The number of nitrogens with zero attached hydrogens (tertiary/aromatic N) is 1. The predicted molar refractivity (Wildman–Crippen MR) is 137 cm³/mol. The lowest BCUT2D eigenvalue weighted by Gasteiger charge is -2.28. The fraction of sp³-hybridized carbons (Fsp3) is 0.310. The lowest BCUT2D eigenvalue weighted by Crippen LogP contribution is -2.52. The number of nitrogens with one attached hydrogen (secondary N) is 1. The molecule has 0 unspecified atom stereocenters. The molecule has 0 bridgehead atoms. The van der Waals surface area contributed by atoms with E-state index in [1.165, 1.54) is 5.56 Å². The van der Waals surface area contributed by atoms with Crippen molar-refractivity contribution in [2.24, 2.45) is 4.99 Å². The number of carbonyl (C=O) groups excluding carboxylic acids is 1. The lowest BCUT2D eigenvalue weighted by atomic mass is 9.86. The maximum Gasteiger partial charge on any atom is 0.252 e. The maximum absolute atomic E-state index is 13.6. The molecular weight excluding hydrogens is 440 g/mol. The first-order valence-electron chi connectivity index (χ1n) is 12.1. The van der Waals surface area contributed by atoms with Crippen molar-refractivity contribution < 1.29 is 19.4 Å². The van der Waals surface area contributed by atoms with Gasteiger partial charge in [-0.1, -0.05) is 60.7 Å². The summed E-state index contributed by atoms with van der Waals surface area (Å²) in [5, 5.41) is 12.0. The average molecular weight is 473 g/mol. The van der Waals surface area contributed by atoms with Gasteiger partial charge in [0.2, 0.25) is 5.90 Å². The molecule has 3 aromatic rings. The van der Waals surface area contributed by atoms with Gasteiger partial charge in [0.25, 0.3) is 5.91 Å². The van der Waals surface area contributed by atoms with Crippen LogP contribution in [-0.2, 0) is 22.4 Å². The Morgan fingerprint density at radius 2 is 1.66 bits per heavy atom. The molecule has 1 heterocycles. The van der Waals surface area contributed by atoms with Crippen LogP contribution in [0.3, 0.4) is 0 Å². The highest BCUT2D eigenvalue weighted by Crippen LogP contribution is 2.33. The van der Waals surface area contributed by atoms with Gasteiger partial charge < -0.3 is 19.9 Å². The average Bonchev–Trinajstić information content (AvgIpc) is 3.22. The number of aliphatic hydroxyl groups excluding tert-OH is 1. The second-order valence-electron chi connectivity index (χ2n) is 8.71. The number of hydrogen-bond donors (Lipinski definition) is 2. The van der Waals surface area contributed by atoms with Crippen LogP contribution in [0.1, 0.15) is 30.0 Å². The largest absolute Gasteiger partial charge is 0.494 e. The summed E-state index contributed by atoms with van der Waals surface area (Å²) in [6.07, 6.45) is 1.33. The van der Waals surface area contributed by atoms with Crippen molar-refractivity contribution in [2.75, 3.05) is 19.8 Å². The second kappa shape index (κ2) is 11.7. The monoisotopic (exact) mass is 472 g/mol. The molecule has 0 fully saturated rings. The summed E-state index contributed by atoms with van der Waals surface area (Å²) in [5.74, 6) is 1.03. The molecule has 4 rings (SSSR count). The molecule has 0 radical (unpaired) electrons. The van der Waals surface area contributed by atoms with Gasteiger partial charge in [-0.15, -0.1) is 0 Å². The van der Waals surface area contributed by atoms with Crippen LogP contribution < -0.4 is 10.1 Å². The van der Waals surface area contributed by atoms with E-state index in [2.05, 4.69) is 17.4 Å². The van der Waals surface area contributed by atoms with Gasteiger partial charge >= 0.3 is 0 Å². The van der Waals surface area contributed by atoms with Crippen molar-refractivity contribution in [3.05, 3.63) is 102 Å². The van der Waals surface area contributed by atoms with Crippen LogP contribution in [-0.4, -0.2) is 48.3 Å². The number of carbonyl (C=O) groups is 1. The van der Waals surface area contributed by atoms with Crippen LogP contribution in [0.25, 0.3) is 0 Å². The van der Waals surface area contributed by atoms with Gasteiger partial charge in [0.15, 0.2) is 5.54 Å². The van der Waals surface area contributed by atoms with Crippen LogP contribution in [0.15, 0.2) is 89.9 Å². The number of aliphatic hydroxyl groups is 1. The fourth-order valence-corrected chi connectivity index (χ4v) is 4.17. The summed E-state index contributed by atoms with van der Waals surface area (Å²) in [6, 6.07) is 27.5. The molecule has 2 atom stereocenters. The number of rotatable bonds is 11. The topological polar surface area (TPSA) is 80.2 Å². The van der Waals surface area contributed by atoms with Gasteiger partial charge in [0.1, 0.15) is 11.9 Å². The van der Waals surface area contributed by atoms with E-state index >= 15 is 0 Å². The van der Waals surface area contributed by atoms with E-state index in [4.69, 9.17) is 19.6 Å². The third-order valence-electron chi connectivity index (χ3n) is 6.19. The highest BCUT2D eigenvalue weighted by molar-refractivity contribution is 6.00. The molecule has 35 heavy (non-hydrogen) atoms. The molecule has 2 N–H and O–H groups in total. The zero-order valence-corrected chi connectivity index (χ0v) is 20.0. The van der Waals surface area contributed by atoms with E-state index in [0.717, 1.165) is 17.5 Å². The summed E-state index contributed by atoms with van der Waals surface area (Å²) in [4.78, 5) is 18.5. The molecular formula is C29H32N2O4. The van der Waals surface area contributed by atoms with Crippen molar-refractivity contribution in [3.8, 4) is 5.75 Å². The smallest absolute Gasteiger partial charge is 0.252 e. The van der Waals surface area contributed by atoms with Gasteiger partial charge in [-0.2, -0.15) is 0 Å². The first kappa shape index (κ1) is 24.5. The Labute approximate surface area is 206 Å². The lowest BCUT2D eigenvalue weighted by molar-refractivity contribution is -0.128. The van der Waals surface area contributed by atoms with Gasteiger partial charge in [0.05, 0.1) is 6.61 Å².